The molecule has 1 spiro atoms. The van der Waals surface area contributed by atoms with E-state index in [1.807, 2.05) is 6.20 Å². The van der Waals surface area contributed by atoms with Crippen molar-refractivity contribution >= 4 is 116 Å². The van der Waals surface area contributed by atoms with Crippen LogP contribution in [0.5, 0.6) is 0 Å². The number of nitriles is 1. The third kappa shape index (κ3) is 8.57. The Labute approximate surface area is 629 Å². The summed E-state index contributed by atoms with van der Waals surface area (Å²) in [6.45, 7) is 0. The minimum absolute atomic E-state index is 0.499. The van der Waals surface area contributed by atoms with Gasteiger partial charge in [-0.1, -0.05) is 291 Å². The van der Waals surface area contributed by atoms with Gasteiger partial charge in [0.25, 0.3) is 0 Å². The molecule has 0 saturated heterocycles. The van der Waals surface area contributed by atoms with Gasteiger partial charge in [-0.15, -0.1) is 0 Å². The maximum Gasteiger partial charge on any atom is 0.204 e. The lowest BCUT2D eigenvalue weighted by Crippen LogP contribution is -2.71. The molecule has 16 aromatic carbocycles. The van der Waals surface area contributed by atoms with Crippen molar-refractivity contribution in [3.8, 4) is 107 Å². The highest BCUT2D eigenvalue weighted by atomic mass is 28.3. The van der Waals surface area contributed by atoms with Crippen LogP contribution in [0.25, 0.3) is 188 Å². The van der Waals surface area contributed by atoms with Crippen molar-refractivity contribution in [1.29, 1.82) is 5.26 Å². The van der Waals surface area contributed by atoms with Crippen LogP contribution >= 0.6 is 0 Å². The van der Waals surface area contributed by atoms with Crippen LogP contribution in [-0.4, -0.2) is 31.3 Å². The third-order valence-electron chi connectivity index (χ3n) is 23.6. The van der Waals surface area contributed by atoms with Crippen molar-refractivity contribution in [2.45, 2.75) is 0 Å². The smallest absolute Gasteiger partial charge is 0.204 e. The summed E-state index contributed by atoms with van der Waals surface area (Å²) >= 11 is 0. The fourth-order valence-electron chi connectivity index (χ4n) is 19.2. The van der Waals surface area contributed by atoms with Gasteiger partial charge in [0.1, 0.15) is 11.6 Å². The SMILES string of the molecule is N#Cc1c(-n2c3ccccc3c3cc(-c4ccccc4)ccc32)c(-n2c3ccccc3c3cc(-c4ccccc4)ccc32)c(-c2cccc3c2-c2ccccc2[Si]32c3ccccc3-c3cccnc32)c(-n2c3ccccc3c3cc(-c4ccccc4)ccc32)c1-n1c2ccccc2c2cc(-c3ccccc3)ccc21. The zero-order chi connectivity index (χ0) is 71.6. The Morgan fingerprint density at radius 3 is 0.945 bits per heavy atom. The average Bonchev–Trinajstić information content (AvgIpc) is 1.51. The summed E-state index contributed by atoms with van der Waals surface area (Å²) in [5.41, 5.74) is 27.3. The molecule has 0 radical (unpaired) electrons. The molecule has 7 heterocycles. The molecule has 23 rings (SSSR count). The molecular weight excluding hydrogens is 1340 g/mol. The molecule has 0 N–H and O–H groups in total. The Bertz CT molecular complexity index is 7090. The van der Waals surface area contributed by atoms with E-state index in [1.165, 1.54) is 32.3 Å². The predicted molar refractivity (Wildman–Crippen MR) is 455 cm³/mol. The van der Waals surface area contributed by atoms with Crippen LogP contribution < -0.4 is 20.9 Å². The number of hydrogen-bond acceptors (Lipinski definition) is 2. The fraction of sp³-hybridized carbons (Fsp3) is 0. The average molecular weight is 1400 g/mol. The number of rotatable bonds is 9. The molecule has 504 valence electrons. The first kappa shape index (κ1) is 60.9. The lowest BCUT2D eigenvalue weighted by molar-refractivity contribution is 1.04. The van der Waals surface area contributed by atoms with Gasteiger partial charge in [-0.3, -0.25) is 4.98 Å². The highest BCUT2D eigenvalue weighted by Crippen LogP contribution is 2.55. The second-order valence-electron chi connectivity index (χ2n) is 29.0. The highest BCUT2D eigenvalue weighted by molar-refractivity contribution is 7.24. The Balaban J connectivity index is 1.01. The molecule has 0 aliphatic carbocycles. The Morgan fingerprint density at radius 1 is 0.229 bits per heavy atom. The van der Waals surface area contributed by atoms with Crippen molar-refractivity contribution in [1.82, 2.24) is 23.3 Å². The monoisotopic (exact) mass is 1400 g/mol. The van der Waals surface area contributed by atoms with E-state index < -0.39 is 8.07 Å². The lowest BCUT2D eigenvalue weighted by atomic mass is 9.88. The molecule has 0 fully saturated rings. The second kappa shape index (κ2) is 23.5. The summed E-state index contributed by atoms with van der Waals surface area (Å²) in [7, 11) is -3.29. The van der Waals surface area contributed by atoms with Gasteiger partial charge >= 0.3 is 0 Å². The zero-order valence-electron chi connectivity index (χ0n) is 59.0. The summed E-state index contributed by atoms with van der Waals surface area (Å²) in [6.07, 6.45) is 2.01. The fourth-order valence-corrected chi connectivity index (χ4v) is 24.6. The van der Waals surface area contributed by atoms with E-state index >= 15 is 0 Å². The molecule has 7 heteroatoms. The first-order valence-corrected chi connectivity index (χ1v) is 39.4. The maximum atomic E-state index is 13.9. The molecule has 109 heavy (non-hydrogen) atoms. The van der Waals surface area contributed by atoms with Gasteiger partial charge in [0.05, 0.1) is 66.9 Å². The van der Waals surface area contributed by atoms with Crippen LogP contribution in [0.3, 0.4) is 0 Å². The quantitative estimate of drug-likeness (QED) is 0.135. The Kier molecular flexibility index (Phi) is 13.2. The standard InChI is InChI=1S/C102H62N6Si/c103-63-84-98(105-85-43-19-13-35-72(85)80-59-68(50-54-89(80)105)64-27-5-1-6-28-64)100(107-87-45-21-15-37-74(87)82-61-70(52-56-91(82)107)66-31-9-3-10-32-66)97(79-41-25-49-95-96(79)78-40-18-24-48-94(78)109(95)93-47-23-17-39-76(93)77-42-26-58-104-102(77)109)101(108-88-46-22-16-38-75(88)83-62-71(53-57-92(83)108)67-33-11-4-12-34-67)99(84)106-86-44-20-14-36-73(86)81-60-69(51-55-90(81)106)65-29-7-2-8-30-65/h1-62H. The maximum absolute atomic E-state index is 13.9. The van der Waals surface area contributed by atoms with Gasteiger partial charge in [-0.2, -0.15) is 5.26 Å². The summed E-state index contributed by atoms with van der Waals surface area (Å²) in [6, 6.07) is 140. The minimum atomic E-state index is -3.29. The molecule has 1 atom stereocenters. The number of hydrogen-bond donors (Lipinski definition) is 0. The summed E-state index contributed by atoms with van der Waals surface area (Å²) < 4.78 is 10.1. The molecule has 0 saturated carbocycles. The molecule has 2 aliphatic rings. The number of benzene rings is 16. The van der Waals surface area contributed by atoms with Gasteiger partial charge in [0.15, 0.2) is 0 Å². The number of aromatic nitrogens is 5. The third-order valence-corrected chi connectivity index (χ3v) is 28.5. The van der Waals surface area contributed by atoms with Crippen molar-refractivity contribution in [2.75, 3.05) is 0 Å². The Hall–Kier alpha value is -14.4. The van der Waals surface area contributed by atoms with Crippen molar-refractivity contribution in [2.24, 2.45) is 0 Å². The van der Waals surface area contributed by atoms with Crippen LogP contribution in [0.2, 0.25) is 0 Å². The number of nitrogens with zero attached hydrogens (tertiary/aromatic N) is 6. The normalized spacial score (nSPS) is 13.5. The van der Waals surface area contributed by atoms with Crippen LogP contribution in [0.15, 0.2) is 376 Å². The van der Waals surface area contributed by atoms with Crippen LogP contribution in [0, 0.1) is 11.3 Å². The predicted octanol–water partition coefficient (Wildman–Crippen LogP) is 23.0. The second-order valence-corrected chi connectivity index (χ2v) is 32.6. The molecular formula is C102H62N6Si. The van der Waals surface area contributed by atoms with Crippen LogP contribution in [0.4, 0.5) is 0 Å². The lowest BCUT2D eigenvalue weighted by Gasteiger charge is -2.30. The van der Waals surface area contributed by atoms with Crippen molar-refractivity contribution < 1.29 is 0 Å². The van der Waals surface area contributed by atoms with E-state index in [4.69, 9.17) is 4.98 Å². The van der Waals surface area contributed by atoms with E-state index in [2.05, 4.69) is 394 Å². The van der Waals surface area contributed by atoms with Crippen molar-refractivity contribution in [3.63, 3.8) is 0 Å². The van der Waals surface area contributed by atoms with Crippen LogP contribution in [0.1, 0.15) is 5.56 Å². The van der Waals surface area contributed by atoms with E-state index in [9.17, 15) is 5.26 Å². The van der Waals surface area contributed by atoms with E-state index in [0.717, 1.165) is 176 Å². The topological polar surface area (TPSA) is 56.4 Å². The van der Waals surface area contributed by atoms with E-state index in [-0.39, 0.29) is 0 Å². The minimum Gasteiger partial charge on any atom is -0.306 e. The highest BCUT2D eigenvalue weighted by Gasteiger charge is 2.56. The molecule has 0 amide bonds. The first-order chi connectivity index (χ1) is 54.1. The van der Waals surface area contributed by atoms with Crippen molar-refractivity contribution in [3.05, 3.63) is 382 Å². The number of para-hydroxylation sites is 4. The molecule has 1 unspecified atom stereocenters. The van der Waals surface area contributed by atoms with E-state index in [0.29, 0.717) is 5.56 Å². The summed E-state index contributed by atoms with van der Waals surface area (Å²) in [4.78, 5) is 5.62. The van der Waals surface area contributed by atoms with Gasteiger partial charge in [0.2, 0.25) is 8.07 Å². The number of pyridine rings is 1. The van der Waals surface area contributed by atoms with Crippen LogP contribution in [-0.2, 0) is 0 Å². The molecule has 2 aliphatic heterocycles. The number of fused-ring (bicyclic) bond motifs is 22. The first-order valence-electron chi connectivity index (χ1n) is 37.4. The van der Waals surface area contributed by atoms with E-state index in [1.54, 1.807) is 0 Å². The van der Waals surface area contributed by atoms with Gasteiger partial charge in [0, 0.05) is 60.2 Å². The zero-order valence-corrected chi connectivity index (χ0v) is 60.0. The molecule has 6 nitrogen and oxygen atoms in total. The summed E-state index contributed by atoms with van der Waals surface area (Å²) in [5.74, 6) is 0. The van der Waals surface area contributed by atoms with Gasteiger partial charge in [-0.25, -0.2) is 0 Å². The van der Waals surface area contributed by atoms with Gasteiger partial charge < -0.3 is 18.3 Å². The molecule has 5 aromatic heterocycles. The molecule has 21 aromatic rings. The largest absolute Gasteiger partial charge is 0.306 e. The Morgan fingerprint density at radius 2 is 0.541 bits per heavy atom. The molecule has 0 bridgehead atoms. The van der Waals surface area contributed by atoms with Gasteiger partial charge in [-0.05, 0) is 167 Å². The summed E-state index contributed by atoms with van der Waals surface area (Å²) in [5, 5.41) is 27.6.